The number of nitrogens with zero attached hydrogens (tertiary/aromatic N) is 1. The summed E-state index contributed by atoms with van der Waals surface area (Å²) in [5, 5.41) is 44.2. The highest BCUT2D eigenvalue weighted by molar-refractivity contribution is 6.04. The Hall–Kier alpha value is -6.84. The van der Waals surface area contributed by atoms with Crippen molar-refractivity contribution in [2.75, 3.05) is 4.90 Å². The Kier molecular flexibility index (Phi) is 15.7. The third-order valence-electron chi connectivity index (χ3n) is 11.8. The standard InChI is InChI=1S/C56H64N2O12/c1-51(2,57-49(63)70-44(35-20-24-38(25-21-35)46(60)54(7,8)66)36-22-26-39(27-23-36)47(61)55(9,10)67)41-14-13-15-42(32-41)52(3,4)58(43-30-28-40(29-31-43)48(62)56(11,12)68)50(64)69-33-34-16-18-37(19-17-34)45(59)53(5,6)65/h13-32,44,65-68H,33H2,1-12H3,(H,57,63). The summed E-state index contributed by atoms with van der Waals surface area (Å²) < 4.78 is 12.0. The summed E-state index contributed by atoms with van der Waals surface area (Å²) in [6.45, 7) is 18.1. The molecule has 5 N–H and O–H groups in total. The van der Waals surface area contributed by atoms with Crippen LogP contribution in [0, 0.1) is 0 Å². The molecule has 14 heteroatoms. The number of alkyl carbamates (subject to hydrolysis) is 1. The summed E-state index contributed by atoms with van der Waals surface area (Å²) in [6.07, 6.45) is -2.62. The van der Waals surface area contributed by atoms with E-state index in [1.807, 2.05) is 12.1 Å². The van der Waals surface area contributed by atoms with E-state index in [4.69, 9.17) is 9.47 Å². The van der Waals surface area contributed by atoms with E-state index in [-0.39, 0.29) is 28.9 Å². The number of carbonyl (C=O) groups is 6. The third kappa shape index (κ3) is 12.9. The van der Waals surface area contributed by atoms with Gasteiger partial charge in [-0.15, -0.1) is 0 Å². The molecular formula is C56H64N2O12. The monoisotopic (exact) mass is 956 g/mol. The van der Waals surface area contributed by atoms with Crippen LogP contribution in [0.5, 0.6) is 0 Å². The average Bonchev–Trinajstić information content (AvgIpc) is 3.28. The molecule has 0 saturated heterocycles. The maximum absolute atomic E-state index is 14.4. The lowest BCUT2D eigenvalue weighted by molar-refractivity contribution is 0.0487. The lowest BCUT2D eigenvalue weighted by atomic mass is 9.86. The van der Waals surface area contributed by atoms with Crippen molar-refractivity contribution in [2.24, 2.45) is 0 Å². The summed E-state index contributed by atoms with van der Waals surface area (Å²) in [6, 6.07) is 32.3. The number of ether oxygens (including phenoxy) is 2. The fourth-order valence-corrected chi connectivity index (χ4v) is 7.62. The predicted molar refractivity (Wildman–Crippen MR) is 265 cm³/mol. The lowest BCUT2D eigenvalue weighted by Crippen LogP contribution is -2.47. The normalized spacial score (nSPS) is 12.5. The van der Waals surface area contributed by atoms with Gasteiger partial charge in [0.2, 0.25) is 0 Å². The highest BCUT2D eigenvalue weighted by atomic mass is 16.6. The Balaban J connectivity index is 1.46. The first-order chi connectivity index (χ1) is 32.2. The first kappa shape index (κ1) is 54.1. The molecule has 14 nitrogen and oxygen atoms in total. The number of carbonyl (C=O) groups excluding carboxylic acids is 6. The largest absolute Gasteiger partial charge is 0.444 e. The van der Waals surface area contributed by atoms with Crippen LogP contribution < -0.4 is 10.2 Å². The molecule has 70 heavy (non-hydrogen) atoms. The zero-order valence-corrected chi connectivity index (χ0v) is 41.8. The Morgan fingerprint density at radius 1 is 0.500 bits per heavy atom. The molecule has 0 aromatic heterocycles. The van der Waals surface area contributed by atoms with E-state index in [0.717, 1.165) is 0 Å². The van der Waals surface area contributed by atoms with Crippen LogP contribution in [0.4, 0.5) is 15.3 Å². The second-order valence-corrected chi connectivity index (χ2v) is 20.6. The average molecular weight is 957 g/mol. The van der Waals surface area contributed by atoms with E-state index in [9.17, 15) is 49.2 Å². The molecule has 0 fully saturated rings. The van der Waals surface area contributed by atoms with Crippen LogP contribution in [-0.4, -0.2) is 78.1 Å². The van der Waals surface area contributed by atoms with Gasteiger partial charge < -0.3 is 35.2 Å². The van der Waals surface area contributed by atoms with Crippen molar-refractivity contribution in [1.82, 2.24) is 5.32 Å². The molecule has 370 valence electrons. The van der Waals surface area contributed by atoms with E-state index in [0.29, 0.717) is 33.5 Å². The minimum absolute atomic E-state index is 0.177. The van der Waals surface area contributed by atoms with Crippen LogP contribution in [0.2, 0.25) is 0 Å². The number of aliphatic hydroxyl groups is 4. The number of hydrogen-bond acceptors (Lipinski definition) is 12. The first-order valence-electron chi connectivity index (χ1n) is 22.8. The van der Waals surface area contributed by atoms with Gasteiger partial charge in [-0.2, -0.15) is 0 Å². The fraction of sp³-hybridized carbons (Fsp3) is 0.357. The summed E-state index contributed by atoms with van der Waals surface area (Å²) in [7, 11) is 0. The Bertz CT molecular complexity index is 2660. The Labute approximate surface area is 409 Å². The van der Waals surface area contributed by atoms with E-state index < -0.39 is 74.9 Å². The molecule has 0 aliphatic heterocycles. The van der Waals surface area contributed by atoms with Crippen LogP contribution in [-0.2, 0) is 27.2 Å². The van der Waals surface area contributed by atoms with Gasteiger partial charge in [0.05, 0.1) is 11.1 Å². The molecule has 0 spiro atoms. The van der Waals surface area contributed by atoms with Gasteiger partial charge in [0, 0.05) is 27.9 Å². The molecule has 0 atom stereocenters. The topological polar surface area (TPSA) is 217 Å². The predicted octanol–water partition coefficient (Wildman–Crippen LogP) is 9.33. The Morgan fingerprint density at radius 2 is 0.857 bits per heavy atom. The molecule has 5 rings (SSSR count). The number of benzene rings is 5. The van der Waals surface area contributed by atoms with Gasteiger partial charge in [0.25, 0.3) is 0 Å². The summed E-state index contributed by atoms with van der Waals surface area (Å²) >= 11 is 0. The molecule has 0 bridgehead atoms. The van der Waals surface area contributed by atoms with Gasteiger partial charge in [-0.1, -0.05) is 97.1 Å². The SMILES string of the molecule is CC(C)(O)C(=O)c1ccc(COC(=O)N(c2ccc(C(=O)C(C)(C)O)cc2)C(C)(C)c2cccc(C(C)(C)NC(=O)OC(c3ccc(C(=O)C(C)(C)O)cc3)c3ccc(C(=O)C(C)(C)O)cc3)c2)cc1. The van der Waals surface area contributed by atoms with Gasteiger partial charge in [-0.3, -0.25) is 24.1 Å². The van der Waals surface area contributed by atoms with Gasteiger partial charge in [0.15, 0.2) is 29.2 Å². The van der Waals surface area contributed by atoms with Gasteiger partial charge >= 0.3 is 12.2 Å². The number of rotatable bonds is 18. The second-order valence-electron chi connectivity index (χ2n) is 20.6. The zero-order valence-electron chi connectivity index (χ0n) is 41.8. The van der Waals surface area contributed by atoms with Crippen LogP contribution in [0.25, 0.3) is 0 Å². The van der Waals surface area contributed by atoms with Crippen molar-refractivity contribution in [2.45, 2.75) is 129 Å². The van der Waals surface area contributed by atoms with Crippen LogP contribution in [0.1, 0.15) is 158 Å². The van der Waals surface area contributed by atoms with Gasteiger partial charge in [-0.05, 0) is 135 Å². The molecule has 0 heterocycles. The van der Waals surface area contributed by atoms with Gasteiger partial charge in [-0.25, -0.2) is 9.59 Å². The van der Waals surface area contributed by atoms with E-state index in [1.54, 1.807) is 100 Å². The number of amides is 2. The molecule has 0 aliphatic carbocycles. The number of ketones is 4. The third-order valence-corrected chi connectivity index (χ3v) is 11.8. The fourth-order valence-electron chi connectivity index (χ4n) is 7.62. The summed E-state index contributed by atoms with van der Waals surface area (Å²) in [4.78, 5) is 81.1. The number of hydrogen-bond donors (Lipinski definition) is 5. The van der Waals surface area contributed by atoms with Crippen LogP contribution >= 0.6 is 0 Å². The van der Waals surface area contributed by atoms with E-state index in [2.05, 4.69) is 5.32 Å². The first-order valence-corrected chi connectivity index (χ1v) is 22.8. The van der Waals surface area contributed by atoms with E-state index in [1.165, 1.54) is 96.7 Å². The van der Waals surface area contributed by atoms with Crippen molar-refractivity contribution in [1.29, 1.82) is 0 Å². The number of Topliss-reactive ketones (excluding diaryl/α,β-unsaturated/α-hetero) is 4. The van der Waals surface area contributed by atoms with Crippen LogP contribution in [0.3, 0.4) is 0 Å². The molecule has 5 aromatic carbocycles. The van der Waals surface area contributed by atoms with E-state index >= 15 is 0 Å². The maximum Gasteiger partial charge on any atom is 0.415 e. The minimum Gasteiger partial charge on any atom is -0.444 e. The molecule has 2 amide bonds. The molecule has 0 aliphatic rings. The highest BCUT2D eigenvalue weighted by Crippen LogP contribution is 2.37. The zero-order chi connectivity index (χ0) is 52.4. The van der Waals surface area contributed by atoms with Crippen molar-refractivity contribution in [3.63, 3.8) is 0 Å². The maximum atomic E-state index is 14.4. The van der Waals surface area contributed by atoms with Crippen LogP contribution in [0.15, 0.2) is 121 Å². The Morgan fingerprint density at radius 3 is 1.24 bits per heavy atom. The smallest absolute Gasteiger partial charge is 0.415 e. The number of anilines is 1. The summed E-state index contributed by atoms with van der Waals surface area (Å²) in [5.74, 6) is -1.98. The van der Waals surface area contributed by atoms with Crippen molar-refractivity contribution in [3.8, 4) is 0 Å². The molecule has 0 saturated carbocycles. The van der Waals surface area contributed by atoms with Crippen molar-refractivity contribution >= 4 is 41.0 Å². The van der Waals surface area contributed by atoms with Gasteiger partial charge in [0.1, 0.15) is 29.0 Å². The summed E-state index contributed by atoms with van der Waals surface area (Å²) in [5.41, 5.74) is -4.60. The number of nitrogens with one attached hydrogen (secondary N) is 1. The molecule has 0 unspecified atom stereocenters. The lowest BCUT2D eigenvalue weighted by Gasteiger charge is -2.39. The molecule has 5 aromatic rings. The highest BCUT2D eigenvalue weighted by Gasteiger charge is 2.38. The van der Waals surface area contributed by atoms with Crippen molar-refractivity contribution < 1.29 is 58.7 Å². The minimum atomic E-state index is -1.64. The second kappa shape index (κ2) is 20.2. The van der Waals surface area contributed by atoms with Crippen molar-refractivity contribution in [3.05, 3.63) is 171 Å². The molecular weight excluding hydrogens is 893 g/mol. The quantitative estimate of drug-likeness (QED) is 0.0519. The molecule has 0 radical (unpaired) electrons.